The molecule has 0 spiro atoms. The maximum Gasteiger partial charge on any atom is 0.239 e. The number of nitrogens with zero attached hydrogens (tertiary/aromatic N) is 4. The molecule has 26 heavy (non-hydrogen) atoms. The number of nitrogens with one attached hydrogen (secondary N) is 1. The quantitative estimate of drug-likeness (QED) is 0.747. The van der Waals surface area contributed by atoms with Crippen molar-refractivity contribution in [2.24, 2.45) is 0 Å². The van der Waals surface area contributed by atoms with Gasteiger partial charge in [0.05, 0.1) is 6.54 Å². The second-order valence-corrected chi connectivity index (χ2v) is 7.99. The van der Waals surface area contributed by atoms with Crippen molar-refractivity contribution < 1.29 is 4.79 Å². The highest BCUT2D eigenvalue weighted by Gasteiger charge is 2.23. The van der Waals surface area contributed by atoms with Gasteiger partial charge in [-0.15, -0.1) is 10.2 Å². The molecule has 7 heteroatoms. The maximum atomic E-state index is 12.3. The number of anilines is 1. The first-order valence-electron chi connectivity index (χ1n) is 8.79. The third-order valence-electron chi connectivity index (χ3n) is 4.85. The number of hydrogen-bond donors (Lipinski definition) is 1. The minimum atomic E-state index is -0.0258. The summed E-state index contributed by atoms with van der Waals surface area (Å²) in [6.07, 6.45) is 5.42. The monoisotopic (exact) mass is 367 g/mol. The molecule has 4 rings (SSSR count). The molecule has 0 radical (unpaired) electrons. The molecule has 6 nitrogen and oxygen atoms in total. The number of rotatable bonds is 5. The highest BCUT2D eigenvalue weighted by Crippen LogP contribution is 2.27. The van der Waals surface area contributed by atoms with Crippen LogP contribution in [0.15, 0.2) is 30.5 Å². The summed E-state index contributed by atoms with van der Waals surface area (Å²) in [4.78, 5) is 18.8. The predicted molar refractivity (Wildman–Crippen MR) is 104 cm³/mol. The first-order chi connectivity index (χ1) is 12.6. The molecule has 1 aliphatic rings. The van der Waals surface area contributed by atoms with Crippen LogP contribution in [0.25, 0.3) is 21.3 Å². The molecule has 1 aliphatic carbocycles. The van der Waals surface area contributed by atoms with Gasteiger partial charge in [0.2, 0.25) is 5.91 Å². The van der Waals surface area contributed by atoms with Crippen LogP contribution in [0.1, 0.15) is 24.3 Å². The van der Waals surface area contributed by atoms with Crippen LogP contribution >= 0.6 is 11.3 Å². The molecule has 1 N–H and O–H groups in total. The van der Waals surface area contributed by atoms with E-state index >= 15 is 0 Å². The highest BCUT2D eigenvalue weighted by atomic mass is 32.1. The van der Waals surface area contributed by atoms with E-state index in [4.69, 9.17) is 0 Å². The minimum Gasteiger partial charge on any atom is -0.310 e. The van der Waals surface area contributed by atoms with Crippen LogP contribution in [0.4, 0.5) is 5.82 Å². The maximum absolute atomic E-state index is 12.3. The Morgan fingerprint density at radius 3 is 2.81 bits per heavy atom. The summed E-state index contributed by atoms with van der Waals surface area (Å²) >= 11 is 1.57. The van der Waals surface area contributed by atoms with Crippen LogP contribution in [-0.4, -0.2) is 45.6 Å². The largest absolute Gasteiger partial charge is 0.310 e. The van der Waals surface area contributed by atoms with Gasteiger partial charge >= 0.3 is 0 Å². The van der Waals surface area contributed by atoms with Crippen LogP contribution in [0.2, 0.25) is 0 Å². The molecular weight excluding hydrogens is 346 g/mol. The van der Waals surface area contributed by atoms with Crippen molar-refractivity contribution in [1.29, 1.82) is 0 Å². The standard InChI is InChI=1S/C19H21N5OS/c1-12-22-23-19(26-12)13-6-7-14-10-20-17(9-15(14)8-13)21-18(25)11-24(2)16-4-3-5-16/h6-10,16H,3-5,11H2,1-2H3,(H,20,21,25). The average molecular weight is 367 g/mol. The lowest BCUT2D eigenvalue weighted by Gasteiger charge is -2.34. The molecule has 0 unspecified atom stereocenters. The molecular formula is C19H21N5OS. The zero-order chi connectivity index (χ0) is 18.1. The van der Waals surface area contributed by atoms with E-state index in [-0.39, 0.29) is 5.91 Å². The van der Waals surface area contributed by atoms with Crippen molar-refractivity contribution in [2.45, 2.75) is 32.2 Å². The van der Waals surface area contributed by atoms with Crippen molar-refractivity contribution in [1.82, 2.24) is 20.1 Å². The lowest BCUT2D eigenvalue weighted by Crippen LogP contribution is -2.41. The third kappa shape index (κ3) is 3.59. The van der Waals surface area contributed by atoms with E-state index in [0.717, 1.165) is 26.4 Å². The molecule has 2 aromatic heterocycles. The van der Waals surface area contributed by atoms with E-state index in [1.54, 1.807) is 17.5 Å². The first-order valence-corrected chi connectivity index (χ1v) is 9.60. The minimum absolute atomic E-state index is 0.0258. The molecule has 1 amide bonds. The summed E-state index contributed by atoms with van der Waals surface area (Å²) in [7, 11) is 2.01. The van der Waals surface area contributed by atoms with Gasteiger partial charge in [0.15, 0.2) is 0 Å². The van der Waals surface area contributed by atoms with Gasteiger partial charge in [-0.25, -0.2) is 4.98 Å². The van der Waals surface area contributed by atoms with Crippen LogP contribution < -0.4 is 5.32 Å². The summed E-state index contributed by atoms with van der Waals surface area (Å²) in [6.45, 7) is 2.34. The smallest absolute Gasteiger partial charge is 0.239 e. The third-order valence-corrected chi connectivity index (χ3v) is 5.74. The number of aromatic nitrogens is 3. The highest BCUT2D eigenvalue weighted by molar-refractivity contribution is 7.14. The molecule has 0 atom stereocenters. The van der Waals surface area contributed by atoms with E-state index < -0.39 is 0 Å². The fourth-order valence-electron chi connectivity index (χ4n) is 3.12. The van der Waals surface area contributed by atoms with E-state index in [1.807, 2.05) is 32.2 Å². The summed E-state index contributed by atoms with van der Waals surface area (Å²) in [5, 5.41) is 15.1. The SMILES string of the molecule is Cc1nnc(-c2ccc3cnc(NC(=O)CN(C)C4CCC4)cc3c2)s1. The van der Waals surface area contributed by atoms with Crippen molar-refractivity contribution in [2.75, 3.05) is 18.9 Å². The summed E-state index contributed by atoms with van der Waals surface area (Å²) in [6, 6.07) is 8.56. The predicted octanol–water partition coefficient (Wildman–Crippen LogP) is 3.48. The van der Waals surface area contributed by atoms with Crippen LogP contribution in [0.3, 0.4) is 0 Å². The fourth-order valence-corrected chi connectivity index (χ4v) is 3.81. The van der Waals surface area contributed by atoms with E-state index in [0.29, 0.717) is 18.4 Å². The molecule has 3 aromatic rings. The first kappa shape index (κ1) is 17.1. The Morgan fingerprint density at radius 2 is 2.12 bits per heavy atom. The number of fused-ring (bicyclic) bond motifs is 1. The number of pyridine rings is 1. The summed E-state index contributed by atoms with van der Waals surface area (Å²) in [5.74, 6) is 0.553. The van der Waals surface area contributed by atoms with Gasteiger partial charge in [-0.2, -0.15) is 0 Å². The van der Waals surface area contributed by atoms with E-state index in [9.17, 15) is 4.79 Å². The Balaban J connectivity index is 1.51. The summed E-state index contributed by atoms with van der Waals surface area (Å²) in [5.41, 5.74) is 1.02. The van der Waals surface area contributed by atoms with Gasteiger partial charge in [-0.1, -0.05) is 29.9 Å². The van der Waals surface area contributed by atoms with Crippen molar-refractivity contribution >= 4 is 33.8 Å². The molecule has 134 valence electrons. The van der Waals surface area contributed by atoms with Gasteiger partial charge in [0, 0.05) is 23.2 Å². The van der Waals surface area contributed by atoms with E-state index in [1.165, 1.54) is 19.3 Å². The molecule has 2 heterocycles. The molecule has 0 saturated heterocycles. The Morgan fingerprint density at radius 1 is 1.27 bits per heavy atom. The van der Waals surface area contributed by atoms with Gasteiger partial charge in [-0.05, 0) is 44.3 Å². The number of likely N-dealkylation sites (N-methyl/N-ethyl adjacent to an activating group) is 1. The molecule has 1 saturated carbocycles. The van der Waals surface area contributed by atoms with E-state index in [2.05, 4.69) is 31.5 Å². The zero-order valence-electron chi connectivity index (χ0n) is 14.9. The second kappa shape index (κ2) is 7.09. The van der Waals surface area contributed by atoms with Crippen LogP contribution in [0.5, 0.6) is 0 Å². The number of aryl methyl sites for hydroxylation is 1. The molecule has 1 fully saturated rings. The topological polar surface area (TPSA) is 71.0 Å². The molecule has 0 bridgehead atoms. The van der Waals surface area contributed by atoms with Gasteiger partial charge in [-0.3, -0.25) is 9.69 Å². The number of carbonyl (C=O) groups excluding carboxylic acids is 1. The van der Waals surface area contributed by atoms with Crippen molar-refractivity contribution in [3.05, 3.63) is 35.5 Å². The lowest BCUT2D eigenvalue weighted by atomic mass is 9.92. The second-order valence-electron chi connectivity index (χ2n) is 6.81. The van der Waals surface area contributed by atoms with Crippen LogP contribution in [-0.2, 0) is 4.79 Å². The average Bonchev–Trinajstić information content (AvgIpc) is 2.98. The number of amides is 1. The van der Waals surface area contributed by atoms with Crippen LogP contribution in [0, 0.1) is 6.92 Å². The molecule has 0 aliphatic heterocycles. The number of benzene rings is 1. The zero-order valence-corrected chi connectivity index (χ0v) is 15.7. The van der Waals surface area contributed by atoms with Gasteiger partial charge < -0.3 is 5.32 Å². The Bertz CT molecular complexity index is 950. The van der Waals surface area contributed by atoms with Crippen molar-refractivity contribution in [3.63, 3.8) is 0 Å². The number of carbonyl (C=O) groups is 1. The number of hydrogen-bond acceptors (Lipinski definition) is 6. The van der Waals surface area contributed by atoms with Gasteiger partial charge in [0.1, 0.15) is 15.8 Å². The van der Waals surface area contributed by atoms with Gasteiger partial charge in [0.25, 0.3) is 0 Å². The van der Waals surface area contributed by atoms with Crippen molar-refractivity contribution in [3.8, 4) is 10.6 Å². The lowest BCUT2D eigenvalue weighted by molar-refractivity contribution is -0.117. The normalized spacial score (nSPS) is 14.6. The Kier molecular flexibility index (Phi) is 4.65. The Hall–Kier alpha value is -2.38. The fraction of sp³-hybridized carbons (Fsp3) is 0.368. The molecule has 1 aromatic carbocycles. The Labute approximate surface area is 156 Å². The summed E-state index contributed by atoms with van der Waals surface area (Å²) < 4.78 is 0.